The van der Waals surface area contributed by atoms with Crippen LogP contribution in [0.5, 0.6) is 5.75 Å². The monoisotopic (exact) mass is 194 g/mol. The molecule has 0 aliphatic heterocycles. The summed E-state index contributed by atoms with van der Waals surface area (Å²) in [5, 5.41) is 8.69. The van der Waals surface area contributed by atoms with Gasteiger partial charge in [0.2, 0.25) is 0 Å². The normalized spacial score (nSPS) is 10.8. The average molecular weight is 194 g/mol. The highest BCUT2D eigenvalue weighted by molar-refractivity contribution is 5.37. The molecule has 0 aliphatic carbocycles. The first kappa shape index (κ1) is 10.5. The molecule has 0 radical (unpaired) electrons. The zero-order valence-corrected chi connectivity index (χ0v) is 8.34. The second-order valence-corrected chi connectivity index (χ2v) is 3.83. The van der Waals surface area contributed by atoms with Crippen LogP contribution >= 0.6 is 0 Å². The summed E-state index contributed by atoms with van der Waals surface area (Å²) in [7, 11) is 0. The van der Waals surface area contributed by atoms with E-state index in [1.165, 1.54) is 0 Å². The van der Waals surface area contributed by atoms with Gasteiger partial charge >= 0.3 is 0 Å². The third-order valence-electron chi connectivity index (χ3n) is 1.34. The van der Waals surface area contributed by atoms with Crippen LogP contribution < -0.4 is 4.74 Å². The summed E-state index contributed by atoms with van der Waals surface area (Å²) in [5.74, 6) is -0.330. The number of pyridine rings is 1. The first-order chi connectivity index (χ1) is 6.42. The zero-order valence-electron chi connectivity index (χ0n) is 8.34. The molecule has 0 unspecified atom stereocenters. The maximum atomic E-state index is 12.8. The van der Waals surface area contributed by atoms with Crippen molar-refractivity contribution in [1.29, 1.82) is 5.26 Å². The summed E-state index contributed by atoms with van der Waals surface area (Å²) in [4.78, 5) is 3.62. The minimum atomic E-state index is -0.511. The molecule has 0 amide bonds. The predicted molar refractivity (Wildman–Crippen MR) is 49.3 cm³/mol. The number of hydrogen-bond donors (Lipinski definition) is 0. The quantitative estimate of drug-likeness (QED) is 0.688. The van der Waals surface area contributed by atoms with E-state index in [-0.39, 0.29) is 11.4 Å². The molecule has 1 aromatic rings. The lowest BCUT2D eigenvalue weighted by atomic mass is 10.2. The van der Waals surface area contributed by atoms with E-state index in [0.717, 1.165) is 12.3 Å². The molecule has 0 bridgehead atoms. The minimum Gasteiger partial charge on any atom is -0.485 e. The van der Waals surface area contributed by atoms with Gasteiger partial charge in [-0.25, -0.2) is 9.37 Å². The highest BCUT2D eigenvalue weighted by Crippen LogP contribution is 2.21. The van der Waals surface area contributed by atoms with Gasteiger partial charge in [0, 0.05) is 6.07 Å². The molecule has 74 valence electrons. The van der Waals surface area contributed by atoms with E-state index in [9.17, 15) is 4.39 Å². The van der Waals surface area contributed by atoms with Crippen molar-refractivity contribution < 1.29 is 9.13 Å². The van der Waals surface area contributed by atoms with Crippen LogP contribution in [0.1, 0.15) is 26.5 Å². The number of nitrogens with zero attached hydrogens (tertiary/aromatic N) is 2. The summed E-state index contributed by atoms with van der Waals surface area (Å²) in [5.41, 5.74) is -0.373. The van der Waals surface area contributed by atoms with Crippen LogP contribution in [-0.2, 0) is 0 Å². The Labute approximate surface area is 82.1 Å². The predicted octanol–water partition coefficient (Wildman–Crippen LogP) is 2.27. The minimum absolute atomic E-state index is 0.0984. The average Bonchev–Trinajstić information content (AvgIpc) is 2.01. The van der Waals surface area contributed by atoms with Crippen molar-refractivity contribution in [2.24, 2.45) is 0 Å². The summed E-state index contributed by atoms with van der Waals surface area (Å²) in [6, 6.07) is 3.01. The highest BCUT2D eigenvalue weighted by atomic mass is 19.1. The summed E-state index contributed by atoms with van der Waals surface area (Å²) in [6.07, 6.45) is 0.994. The lowest BCUT2D eigenvalue weighted by Gasteiger charge is -2.21. The number of halogens is 1. The molecule has 1 aromatic heterocycles. The first-order valence-corrected chi connectivity index (χ1v) is 4.17. The standard InChI is InChI=1S/C10H11FN2O/c1-10(2,3)14-9-4-7(11)6-13-8(9)5-12/h4,6H,1-3H3. The Balaban J connectivity index is 3.07. The van der Waals surface area contributed by atoms with Crippen molar-refractivity contribution in [3.63, 3.8) is 0 Å². The summed E-state index contributed by atoms with van der Waals surface area (Å²) >= 11 is 0. The summed E-state index contributed by atoms with van der Waals surface area (Å²) in [6.45, 7) is 5.46. The third-order valence-corrected chi connectivity index (χ3v) is 1.34. The zero-order chi connectivity index (χ0) is 10.8. The smallest absolute Gasteiger partial charge is 0.182 e. The van der Waals surface area contributed by atoms with E-state index >= 15 is 0 Å². The van der Waals surface area contributed by atoms with Crippen molar-refractivity contribution in [3.05, 3.63) is 23.8 Å². The van der Waals surface area contributed by atoms with Gasteiger partial charge < -0.3 is 4.74 Å². The number of hydrogen-bond acceptors (Lipinski definition) is 3. The fourth-order valence-electron chi connectivity index (χ4n) is 0.912. The maximum absolute atomic E-state index is 12.8. The lowest BCUT2D eigenvalue weighted by Crippen LogP contribution is -2.23. The van der Waals surface area contributed by atoms with Gasteiger partial charge in [-0.2, -0.15) is 5.26 Å². The maximum Gasteiger partial charge on any atom is 0.182 e. The van der Waals surface area contributed by atoms with E-state index in [0.29, 0.717) is 0 Å². The van der Waals surface area contributed by atoms with Gasteiger partial charge in [0.15, 0.2) is 11.4 Å². The molecule has 0 fully saturated rings. The van der Waals surface area contributed by atoms with Gasteiger partial charge in [-0.05, 0) is 20.8 Å². The Morgan fingerprint density at radius 2 is 2.14 bits per heavy atom. The van der Waals surface area contributed by atoms with Gasteiger partial charge in [0.25, 0.3) is 0 Å². The number of rotatable bonds is 1. The Morgan fingerprint density at radius 3 is 2.64 bits per heavy atom. The topological polar surface area (TPSA) is 45.9 Å². The van der Waals surface area contributed by atoms with Gasteiger partial charge in [-0.3, -0.25) is 0 Å². The van der Waals surface area contributed by atoms with Gasteiger partial charge in [-0.1, -0.05) is 0 Å². The van der Waals surface area contributed by atoms with Crippen LogP contribution in [0.4, 0.5) is 4.39 Å². The Bertz CT molecular complexity index is 377. The van der Waals surface area contributed by atoms with Crippen LogP contribution in [0.3, 0.4) is 0 Å². The molecule has 0 spiro atoms. The van der Waals surface area contributed by atoms with Crippen LogP contribution in [0.25, 0.3) is 0 Å². The molecule has 0 atom stereocenters. The van der Waals surface area contributed by atoms with E-state index in [2.05, 4.69) is 4.98 Å². The largest absolute Gasteiger partial charge is 0.485 e. The van der Waals surface area contributed by atoms with E-state index < -0.39 is 11.4 Å². The van der Waals surface area contributed by atoms with Crippen LogP contribution in [0.15, 0.2) is 12.3 Å². The molecule has 4 heteroatoms. The molecule has 0 aliphatic rings. The molecule has 0 aromatic carbocycles. The van der Waals surface area contributed by atoms with Crippen LogP contribution in [0, 0.1) is 17.1 Å². The van der Waals surface area contributed by atoms with Gasteiger partial charge in [0.05, 0.1) is 6.20 Å². The van der Waals surface area contributed by atoms with Crippen molar-refractivity contribution >= 4 is 0 Å². The van der Waals surface area contributed by atoms with Crippen molar-refractivity contribution in [1.82, 2.24) is 4.98 Å². The van der Waals surface area contributed by atoms with Gasteiger partial charge in [0.1, 0.15) is 17.5 Å². The van der Waals surface area contributed by atoms with E-state index in [1.54, 1.807) is 0 Å². The molecule has 0 N–H and O–H groups in total. The second kappa shape index (κ2) is 3.62. The van der Waals surface area contributed by atoms with E-state index in [1.807, 2.05) is 26.8 Å². The van der Waals surface area contributed by atoms with Crippen molar-refractivity contribution in [3.8, 4) is 11.8 Å². The molecule has 0 saturated carbocycles. The molecular weight excluding hydrogens is 183 g/mol. The number of nitriles is 1. The molecule has 14 heavy (non-hydrogen) atoms. The number of ether oxygens (including phenoxy) is 1. The Kier molecular flexibility index (Phi) is 2.70. The number of aromatic nitrogens is 1. The second-order valence-electron chi connectivity index (χ2n) is 3.83. The fourth-order valence-corrected chi connectivity index (χ4v) is 0.912. The third kappa shape index (κ3) is 2.70. The fraction of sp³-hybridized carbons (Fsp3) is 0.400. The molecule has 1 rings (SSSR count). The van der Waals surface area contributed by atoms with Crippen molar-refractivity contribution in [2.45, 2.75) is 26.4 Å². The van der Waals surface area contributed by atoms with Crippen LogP contribution in [0.2, 0.25) is 0 Å². The SMILES string of the molecule is CC(C)(C)Oc1cc(F)cnc1C#N. The molecule has 3 nitrogen and oxygen atoms in total. The molecule has 0 saturated heterocycles. The Morgan fingerprint density at radius 1 is 1.50 bits per heavy atom. The molecule has 1 heterocycles. The summed E-state index contributed by atoms with van der Waals surface area (Å²) < 4.78 is 18.2. The highest BCUT2D eigenvalue weighted by Gasteiger charge is 2.15. The van der Waals surface area contributed by atoms with E-state index in [4.69, 9.17) is 10.00 Å². The Hall–Kier alpha value is -1.63. The first-order valence-electron chi connectivity index (χ1n) is 4.17. The lowest BCUT2D eigenvalue weighted by molar-refractivity contribution is 0.129. The molecular formula is C10H11FN2O. The van der Waals surface area contributed by atoms with Gasteiger partial charge in [-0.15, -0.1) is 0 Å². The van der Waals surface area contributed by atoms with Crippen LogP contribution in [-0.4, -0.2) is 10.6 Å². The van der Waals surface area contributed by atoms with Crippen molar-refractivity contribution in [2.75, 3.05) is 0 Å².